The molecule has 0 unspecified atom stereocenters. The van der Waals surface area contributed by atoms with Crippen LogP contribution in [0.25, 0.3) is 0 Å². The minimum atomic E-state index is -0.178. The van der Waals surface area contributed by atoms with E-state index < -0.39 is 0 Å². The van der Waals surface area contributed by atoms with E-state index in [0.717, 1.165) is 18.9 Å². The minimum absolute atomic E-state index is 0.178. The Kier molecular flexibility index (Phi) is 4.60. The molecule has 1 N–H and O–H groups in total. The van der Waals surface area contributed by atoms with Crippen molar-refractivity contribution in [2.45, 2.75) is 58.9 Å². The van der Waals surface area contributed by atoms with Gasteiger partial charge in [0.15, 0.2) is 0 Å². The number of nitriles is 1. The van der Waals surface area contributed by atoms with Crippen LogP contribution in [0.2, 0.25) is 0 Å². The Balaban J connectivity index is 2.17. The van der Waals surface area contributed by atoms with Crippen LogP contribution in [0.15, 0.2) is 0 Å². The van der Waals surface area contributed by atoms with Crippen molar-refractivity contribution in [3.05, 3.63) is 0 Å². The number of nitrogens with one attached hydrogen (secondary N) is 1. The Hall–Kier alpha value is -0.550. The lowest BCUT2D eigenvalue weighted by atomic mass is 9.91. The van der Waals surface area contributed by atoms with Crippen LogP contribution in [0.4, 0.5) is 0 Å². The zero-order valence-corrected chi connectivity index (χ0v) is 10.3. The van der Waals surface area contributed by atoms with E-state index in [1.165, 1.54) is 25.7 Å². The van der Waals surface area contributed by atoms with Gasteiger partial charge in [-0.1, -0.05) is 12.8 Å². The summed E-state index contributed by atoms with van der Waals surface area (Å²) in [6.07, 6.45) is 6.52. The van der Waals surface area contributed by atoms with Gasteiger partial charge in [-0.25, -0.2) is 0 Å². The highest BCUT2D eigenvalue weighted by molar-refractivity contribution is 4.92. The molecule has 1 fully saturated rings. The van der Waals surface area contributed by atoms with Gasteiger partial charge in [-0.05, 0) is 52.5 Å². The number of hydrogen-bond donors (Lipinski definition) is 1. The van der Waals surface area contributed by atoms with Gasteiger partial charge in [0, 0.05) is 6.04 Å². The van der Waals surface area contributed by atoms with Crippen molar-refractivity contribution >= 4 is 0 Å². The van der Waals surface area contributed by atoms with Crippen molar-refractivity contribution in [2.75, 3.05) is 6.54 Å². The van der Waals surface area contributed by atoms with Gasteiger partial charge in [0.05, 0.1) is 11.5 Å². The Morgan fingerprint density at radius 1 is 1.40 bits per heavy atom. The first-order valence-electron chi connectivity index (χ1n) is 6.20. The van der Waals surface area contributed by atoms with E-state index in [1.54, 1.807) is 0 Å². The minimum Gasteiger partial charge on any atom is -0.314 e. The molecule has 0 radical (unpaired) electrons. The van der Waals surface area contributed by atoms with Crippen molar-refractivity contribution in [3.63, 3.8) is 0 Å². The predicted molar refractivity (Wildman–Crippen MR) is 63.4 cm³/mol. The zero-order valence-electron chi connectivity index (χ0n) is 10.3. The van der Waals surface area contributed by atoms with Gasteiger partial charge in [-0.3, -0.25) is 0 Å². The number of hydrogen-bond acceptors (Lipinski definition) is 2. The monoisotopic (exact) mass is 208 g/mol. The lowest BCUT2D eigenvalue weighted by Crippen LogP contribution is -2.34. The molecule has 1 aliphatic carbocycles. The van der Waals surface area contributed by atoms with Gasteiger partial charge in [-0.15, -0.1) is 0 Å². The third-order valence-electron chi connectivity index (χ3n) is 3.63. The topological polar surface area (TPSA) is 35.8 Å². The third kappa shape index (κ3) is 4.22. The molecule has 0 aromatic carbocycles. The Morgan fingerprint density at radius 2 is 2.00 bits per heavy atom. The fourth-order valence-electron chi connectivity index (χ4n) is 2.29. The molecule has 2 nitrogen and oxygen atoms in total. The summed E-state index contributed by atoms with van der Waals surface area (Å²) < 4.78 is 0. The fourth-order valence-corrected chi connectivity index (χ4v) is 2.29. The lowest BCUT2D eigenvalue weighted by Gasteiger charge is -2.22. The maximum absolute atomic E-state index is 8.89. The number of nitrogens with zero attached hydrogens (tertiary/aromatic N) is 1. The second kappa shape index (κ2) is 5.51. The maximum Gasteiger partial charge on any atom is 0.0684 e. The van der Waals surface area contributed by atoms with Gasteiger partial charge >= 0.3 is 0 Å². The Bertz CT molecular complexity index is 221. The predicted octanol–water partition coefficient (Wildman–Crippen LogP) is 3.09. The van der Waals surface area contributed by atoms with E-state index in [-0.39, 0.29) is 5.41 Å². The van der Waals surface area contributed by atoms with Gasteiger partial charge in [0.1, 0.15) is 0 Å². The van der Waals surface area contributed by atoms with Gasteiger partial charge in [-0.2, -0.15) is 5.26 Å². The van der Waals surface area contributed by atoms with Crippen LogP contribution in [-0.4, -0.2) is 12.6 Å². The first kappa shape index (κ1) is 12.5. The summed E-state index contributed by atoms with van der Waals surface area (Å²) in [5.74, 6) is 0.871. The molecule has 0 saturated heterocycles. The molecular weight excluding hydrogens is 184 g/mol. The smallest absolute Gasteiger partial charge is 0.0684 e. The average Bonchev–Trinajstić information content (AvgIpc) is 2.70. The molecule has 0 bridgehead atoms. The lowest BCUT2D eigenvalue weighted by molar-refractivity contribution is 0.351. The molecule has 0 aromatic rings. The van der Waals surface area contributed by atoms with Gasteiger partial charge in [0.25, 0.3) is 0 Å². The van der Waals surface area contributed by atoms with Crippen molar-refractivity contribution in [2.24, 2.45) is 11.3 Å². The van der Waals surface area contributed by atoms with E-state index in [4.69, 9.17) is 5.26 Å². The Labute approximate surface area is 94.1 Å². The van der Waals surface area contributed by atoms with Crippen LogP contribution in [0.1, 0.15) is 52.9 Å². The van der Waals surface area contributed by atoms with Crippen LogP contribution in [-0.2, 0) is 0 Å². The summed E-state index contributed by atoms with van der Waals surface area (Å²) in [5.41, 5.74) is -0.178. The van der Waals surface area contributed by atoms with Gasteiger partial charge < -0.3 is 5.32 Å². The summed E-state index contributed by atoms with van der Waals surface area (Å²) >= 11 is 0. The van der Waals surface area contributed by atoms with Crippen LogP contribution in [0.5, 0.6) is 0 Å². The van der Waals surface area contributed by atoms with Crippen molar-refractivity contribution in [3.8, 4) is 6.07 Å². The molecule has 1 atom stereocenters. The molecule has 0 spiro atoms. The molecule has 0 aromatic heterocycles. The average molecular weight is 208 g/mol. The number of rotatable bonds is 5. The second-order valence-corrected chi connectivity index (χ2v) is 5.53. The summed E-state index contributed by atoms with van der Waals surface area (Å²) in [4.78, 5) is 0. The molecule has 0 amide bonds. The van der Waals surface area contributed by atoms with Gasteiger partial charge in [0.2, 0.25) is 0 Å². The summed E-state index contributed by atoms with van der Waals surface area (Å²) in [5, 5.41) is 12.5. The van der Waals surface area contributed by atoms with Crippen molar-refractivity contribution < 1.29 is 0 Å². The van der Waals surface area contributed by atoms with Crippen LogP contribution < -0.4 is 5.32 Å². The first-order valence-corrected chi connectivity index (χ1v) is 6.20. The largest absolute Gasteiger partial charge is 0.314 e. The first-order chi connectivity index (χ1) is 7.05. The van der Waals surface area contributed by atoms with Crippen LogP contribution >= 0.6 is 0 Å². The van der Waals surface area contributed by atoms with Crippen LogP contribution in [0.3, 0.4) is 0 Å². The Morgan fingerprint density at radius 3 is 2.53 bits per heavy atom. The van der Waals surface area contributed by atoms with E-state index in [9.17, 15) is 0 Å². The fraction of sp³-hybridized carbons (Fsp3) is 0.923. The normalized spacial score (nSPS) is 20.1. The maximum atomic E-state index is 8.89. The quantitative estimate of drug-likeness (QED) is 0.753. The zero-order chi connectivity index (χ0) is 11.3. The standard InChI is InChI=1S/C13H24N2/c1-11(12-6-4-5-7-12)15-9-8-13(2,3)10-14/h11-12,15H,4-9H2,1-3H3/t11-/m0/s1. The van der Waals surface area contributed by atoms with E-state index in [0.29, 0.717) is 6.04 Å². The molecule has 1 aliphatic rings. The summed E-state index contributed by atoms with van der Waals surface area (Å²) in [7, 11) is 0. The molecule has 0 heterocycles. The second-order valence-electron chi connectivity index (χ2n) is 5.53. The molecular formula is C13H24N2. The van der Waals surface area contributed by atoms with Crippen LogP contribution in [0, 0.1) is 22.7 Å². The highest BCUT2D eigenvalue weighted by atomic mass is 14.9. The van der Waals surface area contributed by atoms with E-state index in [2.05, 4.69) is 18.3 Å². The van der Waals surface area contributed by atoms with E-state index in [1.807, 2.05) is 13.8 Å². The highest BCUT2D eigenvalue weighted by Gasteiger charge is 2.22. The molecule has 2 heteroatoms. The molecule has 86 valence electrons. The molecule has 15 heavy (non-hydrogen) atoms. The molecule has 0 aliphatic heterocycles. The molecule has 1 rings (SSSR count). The van der Waals surface area contributed by atoms with E-state index >= 15 is 0 Å². The summed E-state index contributed by atoms with van der Waals surface area (Å²) in [6, 6.07) is 2.97. The highest BCUT2D eigenvalue weighted by Crippen LogP contribution is 2.27. The van der Waals surface area contributed by atoms with Crippen molar-refractivity contribution in [1.82, 2.24) is 5.32 Å². The third-order valence-corrected chi connectivity index (χ3v) is 3.63. The SMILES string of the molecule is C[C@H](NCCC(C)(C)C#N)C1CCCC1. The summed E-state index contributed by atoms with van der Waals surface area (Å²) in [6.45, 7) is 7.28. The van der Waals surface area contributed by atoms with Crippen molar-refractivity contribution in [1.29, 1.82) is 5.26 Å². The molecule has 1 saturated carbocycles.